The fourth-order valence-electron chi connectivity index (χ4n) is 1.59. The summed E-state index contributed by atoms with van der Waals surface area (Å²) in [4.78, 5) is 25.1. The molecular formula is C16H31NO4. The van der Waals surface area contributed by atoms with E-state index in [1.807, 2.05) is 27.7 Å². The van der Waals surface area contributed by atoms with E-state index in [1.165, 1.54) is 0 Å². The second-order valence-corrected chi connectivity index (χ2v) is 6.15. The summed E-state index contributed by atoms with van der Waals surface area (Å²) in [5, 5.41) is 0. The van der Waals surface area contributed by atoms with Crippen LogP contribution in [0.25, 0.3) is 0 Å². The smallest absolute Gasteiger partial charge is 0.419 e. The predicted octanol–water partition coefficient (Wildman–Crippen LogP) is 4.45. The van der Waals surface area contributed by atoms with E-state index in [0.29, 0.717) is 19.8 Å². The minimum absolute atomic E-state index is 0.238. The summed E-state index contributed by atoms with van der Waals surface area (Å²) in [6, 6.07) is 0. The molecule has 0 bridgehead atoms. The van der Waals surface area contributed by atoms with E-state index in [1.54, 1.807) is 0 Å². The first-order valence-corrected chi connectivity index (χ1v) is 7.99. The summed E-state index contributed by atoms with van der Waals surface area (Å²) in [5.74, 6) is 0.477. The molecule has 21 heavy (non-hydrogen) atoms. The number of ether oxygens (including phenoxy) is 2. The molecule has 0 fully saturated rings. The average molecular weight is 301 g/mol. The number of unbranched alkanes of at least 4 members (excludes halogenated alkanes) is 3. The second-order valence-electron chi connectivity index (χ2n) is 6.15. The molecule has 0 rings (SSSR count). The second kappa shape index (κ2) is 11.4. The Hall–Kier alpha value is -1.26. The minimum Gasteiger partial charge on any atom is -0.449 e. The molecule has 0 saturated heterocycles. The van der Waals surface area contributed by atoms with Gasteiger partial charge in [0.1, 0.15) is 0 Å². The number of carbonyl (C=O) groups excluding carboxylic acids is 2. The van der Waals surface area contributed by atoms with Gasteiger partial charge >= 0.3 is 12.2 Å². The van der Waals surface area contributed by atoms with Crippen molar-refractivity contribution in [3.8, 4) is 0 Å². The molecule has 0 N–H and O–H groups in total. The maximum absolute atomic E-state index is 12.0. The molecular weight excluding hydrogens is 270 g/mol. The van der Waals surface area contributed by atoms with Crippen LogP contribution in [-0.4, -0.2) is 36.8 Å². The van der Waals surface area contributed by atoms with Crippen LogP contribution in [0.4, 0.5) is 9.59 Å². The molecule has 0 aliphatic heterocycles. The fraction of sp³-hybridized carbons (Fsp3) is 0.875. The van der Waals surface area contributed by atoms with Gasteiger partial charge in [0.25, 0.3) is 0 Å². The maximum atomic E-state index is 12.0. The summed E-state index contributed by atoms with van der Waals surface area (Å²) in [6.45, 7) is 10.9. The highest BCUT2D eigenvalue weighted by atomic mass is 16.6. The number of hydrogen-bond donors (Lipinski definition) is 0. The van der Waals surface area contributed by atoms with Crippen LogP contribution in [0.5, 0.6) is 0 Å². The summed E-state index contributed by atoms with van der Waals surface area (Å²) >= 11 is 0. The van der Waals surface area contributed by atoms with Gasteiger partial charge in [-0.25, -0.2) is 14.5 Å². The first-order valence-electron chi connectivity index (χ1n) is 7.99. The van der Waals surface area contributed by atoms with Crippen LogP contribution in [0.15, 0.2) is 0 Å². The van der Waals surface area contributed by atoms with Crippen molar-refractivity contribution in [3.63, 3.8) is 0 Å². The molecule has 0 aromatic carbocycles. The lowest BCUT2D eigenvalue weighted by atomic mass is 10.2. The van der Waals surface area contributed by atoms with Crippen LogP contribution in [-0.2, 0) is 9.47 Å². The lowest BCUT2D eigenvalue weighted by Crippen LogP contribution is -2.39. The maximum Gasteiger partial charge on any atom is 0.419 e. The van der Waals surface area contributed by atoms with Gasteiger partial charge in [-0.15, -0.1) is 0 Å². The summed E-state index contributed by atoms with van der Waals surface area (Å²) in [7, 11) is 0. The molecule has 5 heteroatoms. The van der Waals surface area contributed by atoms with Gasteiger partial charge < -0.3 is 9.47 Å². The molecule has 0 aromatic heterocycles. The van der Waals surface area contributed by atoms with E-state index in [4.69, 9.17) is 9.47 Å². The zero-order chi connectivity index (χ0) is 16.3. The van der Waals surface area contributed by atoms with Crippen molar-refractivity contribution in [2.24, 2.45) is 11.8 Å². The van der Waals surface area contributed by atoms with Crippen molar-refractivity contribution in [2.45, 2.75) is 60.3 Å². The van der Waals surface area contributed by atoms with Crippen molar-refractivity contribution in [1.29, 1.82) is 0 Å². The molecule has 0 heterocycles. The number of rotatable bonds is 9. The Morgan fingerprint density at radius 3 is 1.71 bits per heavy atom. The zero-order valence-electron chi connectivity index (χ0n) is 14.2. The Morgan fingerprint density at radius 1 is 0.857 bits per heavy atom. The molecule has 0 aliphatic rings. The molecule has 0 aliphatic carbocycles. The molecule has 0 atom stereocenters. The molecule has 0 aromatic rings. The van der Waals surface area contributed by atoms with Crippen LogP contribution in [0.1, 0.15) is 60.3 Å². The van der Waals surface area contributed by atoms with Crippen LogP contribution in [0.3, 0.4) is 0 Å². The number of nitrogens with zero attached hydrogens (tertiary/aromatic N) is 1. The van der Waals surface area contributed by atoms with E-state index in [0.717, 1.165) is 30.6 Å². The topological polar surface area (TPSA) is 55.8 Å². The quantitative estimate of drug-likeness (QED) is 0.590. The molecule has 0 radical (unpaired) electrons. The van der Waals surface area contributed by atoms with E-state index in [2.05, 4.69) is 6.92 Å². The highest BCUT2D eigenvalue weighted by Gasteiger charge is 2.24. The highest BCUT2D eigenvalue weighted by molar-refractivity contribution is 5.87. The Morgan fingerprint density at radius 2 is 1.33 bits per heavy atom. The van der Waals surface area contributed by atoms with Crippen LogP contribution in [0.2, 0.25) is 0 Å². The van der Waals surface area contributed by atoms with E-state index >= 15 is 0 Å². The minimum atomic E-state index is -0.603. The standard InChI is InChI=1S/C16H31NO4/c1-6-7-8-9-10-17(15(18)20-11-13(2)3)16(19)21-12-14(4)5/h13-14H,6-12H2,1-5H3. The monoisotopic (exact) mass is 301 g/mol. The first-order chi connectivity index (χ1) is 9.88. The summed E-state index contributed by atoms with van der Waals surface area (Å²) in [5.41, 5.74) is 0. The van der Waals surface area contributed by atoms with Gasteiger partial charge in [-0.2, -0.15) is 0 Å². The average Bonchev–Trinajstić information content (AvgIpc) is 2.42. The number of carbonyl (C=O) groups is 2. The largest absolute Gasteiger partial charge is 0.449 e. The molecule has 0 saturated carbocycles. The van der Waals surface area contributed by atoms with Gasteiger partial charge in [0.15, 0.2) is 0 Å². The lowest BCUT2D eigenvalue weighted by Gasteiger charge is -2.21. The number of hydrogen-bond acceptors (Lipinski definition) is 4. The molecule has 0 spiro atoms. The third-order valence-electron chi connectivity index (χ3n) is 2.76. The van der Waals surface area contributed by atoms with Crippen LogP contribution >= 0.6 is 0 Å². The van der Waals surface area contributed by atoms with Crippen molar-refractivity contribution < 1.29 is 19.1 Å². The summed E-state index contributed by atoms with van der Waals surface area (Å²) < 4.78 is 10.3. The first kappa shape index (κ1) is 19.7. The Balaban J connectivity index is 4.44. The molecule has 2 amide bonds. The Bertz CT molecular complexity index is 279. The third kappa shape index (κ3) is 10.2. The van der Waals surface area contributed by atoms with Crippen molar-refractivity contribution in [1.82, 2.24) is 4.90 Å². The van der Waals surface area contributed by atoms with Gasteiger partial charge in [0.05, 0.1) is 13.2 Å². The van der Waals surface area contributed by atoms with Gasteiger partial charge in [0, 0.05) is 6.54 Å². The summed E-state index contributed by atoms with van der Waals surface area (Å²) in [6.07, 6.45) is 2.76. The van der Waals surface area contributed by atoms with E-state index in [-0.39, 0.29) is 11.8 Å². The molecule has 5 nitrogen and oxygen atoms in total. The number of imide groups is 1. The normalized spacial score (nSPS) is 10.8. The Labute approximate surface area is 129 Å². The van der Waals surface area contributed by atoms with E-state index < -0.39 is 12.2 Å². The van der Waals surface area contributed by atoms with E-state index in [9.17, 15) is 9.59 Å². The van der Waals surface area contributed by atoms with Crippen molar-refractivity contribution in [3.05, 3.63) is 0 Å². The van der Waals surface area contributed by atoms with Crippen molar-refractivity contribution >= 4 is 12.2 Å². The zero-order valence-corrected chi connectivity index (χ0v) is 14.2. The van der Waals surface area contributed by atoms with Gasteiger partial charge in [0.2, 0.25) is 0 Å². The third-order valence-corrected chi connectivity index (χ3v) is 2.76. The van der Waals surface area contributed by atoms with Gasteiger partial charge in [-0.1, -0.05) is 53.9 Å². The Kier molecular flexibility index (Phi) is 10.7. The predicted molar refractivity (Wildman–Crippen MR) is 83.2 cm³/mol. The fourth-order valence-corrected chi connectivity index (χ4v) is 1.59. The van der Waals surface area contributed by atoms with Crippen LogP contribution in [0, 0.1) is 11.8 Å². The van der Waals surface area contributed by atoms with Gasteiger partial charge in [-0.05, 0) is 18.3 Å². The molecule has 0 unspecified atom stereocenters. The van der Waals surface area contributed by atoms with Gasteiger partial charge in [-0.3, -0.25) is 0 Å². The number of amides is 2. The molecule has 124 valence electrons. The van der Waals surface area contributed by atoms with Crippen LogP contribution < -0.4 is 0 Å². The van der Waals surface area contributed by atoms with Crippen molar-refractivity contribution in [2.75, 3.05) is 19.8 Å². The SMILES string of the molecule is CCCCCCN(C(=O)OCC(C)C)C(=O)OCC(C)C. The lowest BCUT2D eigenvalue weighted by molar-refractivity contribution is 0.0658. The highest BCUT2D eigenvalue weighted by Crippen LogP contribution is 2.07.